The summed E-state index contributed by atoms with van der Waals surface area (Å²) in [7, 11) is -3.88. The lowest BCUT2D eigenvalue weighted by Gasteiger charge is -2.42. The van der Waals surface area contributed by atoms with Gasteiger partial charge in [-0.2, -0.15) is 0 Å². The van der Waals surface area contributed by atoms with Crippen molar-refractivity contribution in [2.75, 3.05) is 13.2 Å². The van der Waals surface area contributed by atoms with Crippen LogP contribution in [0, 0.1) is 12.8 Å². The van der Waals surface area contributed by atoms with Crippen LogP contribution < -0.4 is 0 Å². The lowest BCUT2D eigenvalue weighted by molar-refractivity contribution is -0.272. The number of aryl methyl sites for hydroxylation is 1. The Bertz CT molecular complexity index is 1060. The number of esters is 1. The van der Waals surface area contributed by atoms with E-state index in [2.05, 4.69) is 0 Å². The second-order valence-corrected chi connectivity index (χ2v) is 9.55. The Labute approximate surface area is 181 Å². The minimum Gasteiger partial charge on any atom is -0.492 e. The topological polar surface area (TPSA) is 88.1 Å². The third-order valence-corrected chi connectivity index (χ3v) is 7.27. The molecule has 0 saturated carbocycles. The maximum absolute atomic E-state index is 13.4. The SMILES string of the molecule is CC(=O)OC[C@@H]1C(S(=O)(=O)c2ccc(C)cc2)=CO[C@@H]2COC(c3ccccc3)O[C@@H]12. The number of rotatable bonds is 5. The van der Waals surface area contributed by atoms with Gasteiger partial charge in [-0.1, -0.05) is 48.0 Å². The van der Waals surface area contributed by atoms with Crippen LogP contribution >= 0.6 is 0 Å². The van der Waals surface area contributed by atoms with Gasteiger partial charge in [0.05, 0.1) is 28.6 Å². The van der Waals surface area contributed by atoms with Gasteiger partial charge in [-0.25, -0.2) is 8.42 Å². The van der Waals surface area contributed by atoms with Crippen LogP contribution in [-0.2, 0) is 33.6 Å². The van der Waals surface area contributed by atoms with Gasteiger partial charge in [0.15, 0.2) is 6.29 Å². The molecular formula is C23H24O7S. The van der Waals surface area contributed by atoms with Gasteiger partial charge in [0.1, 0.15) is 18.8 Å². The predicted molar refractivity (Wildman–Crippen MR) is 111 cm³/mol. The van der Waals surface area contributed by atoms with Gasteiger partial charge in [0.25, 0.3) is 0 Å². The lowest BCUT2D eigenvalue weighted by atomic mass is 9.95. The summed E-state index contributed by atoms with van der Waals surface area (Å²) in [5.41, 5.74) is 1.76. The molecule has 2 aromatic carbocycles. The first-order chi connectivity index (χ1) is 14.9. The number of carbonyl (C=O) groups is 1. The highest BCUT2D eigenvalue weighted by molar-refractivity contribution is 7.95. The van der Waals surface area contributed by atoms with Crippen LogP contribution in [0.1, 0.15) is 24.3 Å². The molecule has 7 nitrogen and oxygen atoms in total. The molecule has 0 amide bonds. The van der Waals surface area contributed by atoms with Crippen molar-refractivity contribution >= 4 is 15.8 Å². The van der Waals surface area contributed by atoms with E-state index in [9.17, 15) is 13.2 Å². The molecule has 1 unspecified atom stereocenters. The van der Waals surface area contributed by atoms with Crippen molar-refractivity contribution in [1.82, 2.24) is 0 Å². The van der Waals surface area contributed by atoms with Crippen LogP contribution in [-0.4, -0.2) is 39.8 Å². The van der Waals surface area contributed by atoms with E-state index < -0.39 is 40.2 Å². The highest BCUT2D eigenvalue weighted by Crippen LogP contribution is 2.40. The largest absolute Gasteiger partial charge is 0.492 e. The zero-order valence-electron chi connectivity index (χ0n) is 17.3. The van der Waals surface area contributed by atoms with Crippen LogP contribution in [0.3, 0.4) is 0 Å². The van der Waals surface area contributed by atoms with Crippen molar-refractivity contribution in [2.24, 2.45) is 5.92 Å². The van der Waals surface area contributed by atoms with E-state index in [4.69, 9.17) is 18.9 Å². The molecule has 0 N–H and O–H groups in total. The van der Waals surface area contributed by atoms with E-state index in [-0.39, 0.29) is 23.0 Å². The number of hydrogen-bond donors (Lipinski definition) is 0. The van der Waals surface area contributed by atoms with Crippen LogP contribution in [0.2, 0.25) is 0 Å². The predicted octanol–water partition coefficient (Wildman–Crippen LogP) is 3.30. The number of carbonyl (C=O) groups excluding carboxylic acids is 1. The van der Waals surface area contributed by atoms with Crippen LogP contribution in [0.15, 0.2) is 70.7 Å². The maximum atomic E-state index is 13.4. The summed E-state index contributed by atoms with van der Waals surface area (Å²) in [5.74, 6) is -1.23. The average molecular weight is 445 g/mol. The average Bonchev–Trinajstić information content (AvgIpc) is 2.77. The van der Waals surface area contributed by atoms with E-state index in [1.54, 1.807) is 24.3 Å². The quantitative estimate of drug-likeness (QED) is 0.654. The molecule has 4 rings (SSSR count). The third-order valence-electron chi connectivity index (χ3n) is 5.36. The van der Waals surface area contributed by atoms with E-state index in [0.717, 1.165) is 11.1 Å². The van der Waals surface area contributed by atoms with Gasteiger partial charge in [-0.3, -0.25) is 4.79 Å². The van der Waals surface area contributed by atoms with Crippen molar-refractivity contribution in [3.8, 4) is 0 Å². The highest BCUT2D eigenvalue weighted by atomic mass is 32.2. The van der Waals surface area contributed by atoms with Crippen LogP contribution in [0.4, 0.5) is 0 Å². The third kappa shape index (κ3) is 4.51. The van der Waals surface area contributed by atoms with Crippen molar-refractivity contribution in [2.45, 2.75) is 37.2 Å². The van der Waals surface area contributed by atoms with Crippen molar-refractivity contribution < 1.29 is 32.2 Å². The Kier molecular flexibility index (Phi) is 6.13. The molecule has 31 heavy (non-hydrogen) atoms. The summed E-state index contributed by atoms with van der Waals surface area (Å²) >= 11 is 0. The first kappa shape index (κ1) is 21.5. The standard InChI is InChI=1S/C23H24O7S/c1-15-8-10-18(11-9-15)31(25,26)21-14-28-20-13-29-23(17-6-4-3-5-7-17)30-22(20)19(21)12-27-16(2)24/h3-11,14,19-20,22-23H,12-13H2,1-2H3/t19-,20-,22+,23?/m1/s1. The van der Waals surface area contributed by atoms with Gasteiger partial charge in [0, 0.05) is 12.5 Å². The summed E-state index contributed by atoms with van der Waals surface area (Å²) < 4.78 is 49.7. The highest BCUT2D eigenvalue weighted by Gasteiger charge is 2.47. The normalized spacial score (nSPS) is 25.7. The summed E-state index contributed by atoms with van der Waals surface area (Å²) in [6.45, 7) is 3.24. The molecule has 1 saturated heterocycles. The van der Waals surface area contributed by atoms with Gasteiger partial charge in [0.2, 0.25) is 9.84 Å². The molecule has 2 aliphatic heterocycles. The Morgan fingerprint density at radius 2 is 1.81 bits per heavy atom. The summed E-state index contributed by atoms with van der Waals surface area (Å²) in [4.78, 5) is 11.7. The summed E-state index contributed by atoms with van der Waals surface area (Å²) in [5, 5.41) is 0. The number of hydrogen-bond acceptors (Lipinski definition) is 7. The molecule has 2 heterocycles. The van der Waals surface area contributed by atoms with E-state index in [1.807, 2.05) is 37.3 Å². The number of ether oxygens (including phenoxy) is 4. The molecule has 4 atom stereocenters. The van der Waals surface area contributed by atoms with Crippen molar-refractivity contribution in [1.29, 1.82) is 0 Å². The van der Waals surface area contributed by atoms with E-state index in [1.165, 1.54) is 13.2 Å². The molecular weight excluding hydrogens is 420 g/mol. The van der Waals surface area contributed by atoms with E-state index >= 15 is 0 Å². The Morgan fingerprint density at radius 1 is 1.10 bits per heavy atom. The minimum absolute atomic E-state index is 0.0209. The van der Waals surface area contributed by atoms with Gasteiger partial charge >= 0.3 is 5.97 Å². The molecule has 1 fully saturated rings. The van der Waals surface area contributed by atoms with Crippen LogP contribution in [0.25, 0.3) is 0 Å². The molecule has 0 aliphatic carbocycles. The molecule has 0 radical (unpaired) electrons. The molecule has 164 valence electrons. The molecule has 0 spiro atoms. The fourth-order valence-corrected chi connectivity index (χ4v) is 5.26. The van der Waals surface area contributed by atoms with Crippen molar-refractivity contribution in [3.63, 3.8) is 0 Å². The van der Waals surface area contributed by atoms with Crippen LogP contribution in [0.5, 0.6) is 0 Å². The zero-order chi connectivity index (χ0) is 22.0. The summed E-state index contributed by atoms with van der Waals surface area (Å²) in [6.07, 6.45) is -0.622. The lowest BCUT2D eigenvalue weighted by Crippen LogP contribution is -2.50. The molecule has 0 aromatic heterocycles. The number of benzene rings is 2. The smallest absolute Gasteiger partial charge is 0.302 e. The van der Waals surface area contributed by atoms with Crippen molar-refractivity contribution in [3.05, 3.63) is 76.9 Å². The maximum Gasteiger partial charge on any atom is 0.302 e. The molecule has 0 bridgehead atoms. The Balaban J connectivity index is 1.67. The molecule has 2 aromatic rings. The first-order valence-electron chi connectivity index (χ1n) is 9.99. The Morgan fingerprint density at radius 3 is 2.48 bits per heavy atom. The fraction of sp³-hybridized carbons (Fsp3) is 0.348. The molecule has 8 heteroatoms. The second-order valence-electron chi connectivity index (χ2n) is 7.60. The second kappa shape index (κ2) is 8.82. The summed E-state index contributed by atoms with van der Waals surface area (Å²) in [6, 6.07) is 15.9. The monoisotopic (exact) mass is 444 g/mol. The minimum atomic E-state index is -3.88. The first-order valence-corrected chi connectivity index (χ1v) is 11.5. The number of sulfone groups is 1. The molecule has 2 aliphatic rings. The number of fused-ring (bicyclic) bond motifs is 1. The van der Waals surface area contributed by atoms with E-state index in [0.29, 0.717) is 0 Å². The fourth-order valence-electron chi connectivity index (χ4n) is 3.71. The van der Waals surface area contributed by atoms with Gasteiger partial charge in [-0.15, -0.1) is 0 Å². The van der Waals surface area contributed by atoms with Gasteiger partial charge < -0.3 is 18.9 Å². The Hall–Kier alpha value is -2.68. The zero-order valence-corrected chi connectivity index (χ0v) is 18.1. The van der Waals surface area contributed by atoms with Gasteiger partial charge in [-0.05, 0) is 19.1 Å².